The standard InChI is InChI=1S/C24H46N4O5/c1-9-15(3)19(25-13-17(5)27-23(31)33-24(6,7)8)14-26-20(16(4)10-2)21(29)28-18-11-12-32-22(18)30/h15-20,25-26H,9-14H2,1-8H3,(H,27,31)(H,28,29). The van der Waals surface area contributed by atoms with Gasteiger partial charge in [0.25, 0.3) is 0 Å². The molecule has 1 aliphatic rings. The minimum atomic E-state index is -0.561. The van der Waals surface area contributed by atoms with Crippen LogP contribution in [0.5, 0.6) is 0 Å². The molecule has 0 saturated carbocycles. The van der Waals surface area contributed by atoms with Crippen LogP contribution in [0.2, 0.25) is 0 Å². The molecule has 0 radical (unpaired) electrons. The molecule has 0 spiro atoms. The second-order valence-electron chi connectivity index (χ2n) is 10.2. The Hall–Kier alpha value is -1.87. The molecule has 2 amide bonds. The van der Waals surface area contributed by atoms with Crippen LogP contribution in [0.25, 0.3) is 0 Å². The average molecular weight is 471 g/mol. The molecule has 1 aliphatic heterocycles. The van der Waals surface area contributed by atoms with Crippen molar-refractivity contribution in [2.45, 2.75) is 104 Å². The fourth-order valence-corrected chi connectivity index (χ4v) is 3.58. The molecule has 0 aromatic heterocycles. The quantitative estimate of drug-likeness (QED) is 0.305. The molecule has 6 unspecified atom stereocenters. The third-order valence-electron chi connectivity index (χ3n) is 6.09. The van der Waals surface area contributed by atoms with Crippen LogP contribution in [0.15, 0.2) is 0 Å². The number of ether oxygens (including phenoxy) is 2. The van der Waals surface area contributed by atoms with Gasteiger partial charge in [0.05, 0.1) is 12.6 Å². The third-order valence-corrected chi connectivity index (χ3v) is 6.09. The van der Waals surface area contributed by atoms with Crippen LogP contribution in [-0.4, -0.2) is 67.4 Å². The number of carbonyl (C=O) groups is 3. The van der Waals surface area contributed by atoms with Gasteiger partial charge in [-0.1, -0.05) is 40.5 Å². The van der Waals surface area contributed by atoms with Crippen LogP contribution in [0.3, 0.4) is 0 Å². The number of carbonyl (C=O) groups excluding carboxylic acids is 3. The molecule has 1 fully saturated rings. The summed E-state index contributed by atoms with van der Waals surface area (Å²) >= 11 is 0. The van der Waals surface area contributed by atoms with Crippen molar-refractivity contribution in [1.82, 2.24) is 21.3 Å². The number of amides is 2. The molecule has 33 heavy (non-hydrogen) atoms. The highest BCUT2D eigenvalue weighted by atomic mass is 16.6. The number of rotatable bonds is 13. The Kier molecular flexibility index (Phi) is 12.1. The lowest BCUT2D eigenvalue weighted by molar-refractivity contribution is -0.141. The predicted octanol–water partition coefficient (Wildman–Crippen LogP) is 2.34. The van der Waals surface area contributed by atoms with Crippen molar-refractivity contribution < 1.29 is 23.9 Å². The smallest absolute Gasteiger partial charge is 0.407 e. The number of esters is 1. The van der Waals surface area contributed by atoms with E-state index in [-0.39, 0.29) is 29.9 Å². The Balaban J connectivity index is 2.67. The number of alkyl carbamates (subject to hydrolysis) is 1. The van der Waals surface area contributed by atoms with E-state index in [4.69, 9.17) is 9.47 Å². The lowest BCUT2D eigenvalue weighted by Gasteiger charge is -2.31. The molecular formula is C24H46N4O5. The highest BCUT2D eigenvalue weighted by molar-refractivity contribution is 5.88. The largest absolute Gasteiger partial charge is 0.464 e. The fraction of sp³-hybridized carbons (Fsp3) is 0.875. The molecule has 192 valence electrons. The summed E-state index contributed by atoms with van der Waals surface area (Å²) in [5.74, 6) is -0.0719. The highest BCUT2D eigenvalue weighted by Gasteiger charge is 2.32. The first-order valence-corrected chi connectivity index (χ1v) is 12.3. The van der Waals surface area contributed by atoms with E-state index in [1.807, 2.05) is 41.5 Å². The summed E-state index contributed by atoms with van der Waals surface area (Å²) in [6.07, 6.45) is 1.88. The van der Waals surface area contributed by atoms with Crippen LogP contribution in [0.4, 0.5) is 4.79 Å². The van der Waals surface area contributed by atoms with Crippen molar-refractivity contribution in [2.24, 2.45) is 11.8 Å². The number of cyclic esters (lactones) is 1. The lowest BCUT2D eigenvalue weighted by Crippen LogP contribution is -2.56. The minimum Gasteiger partial charge on any atom is -0.464 e. The van der Waals surface area contributed by atoms with Gasteiger partial charge in [0, 0.05) is 31.6 Å². The lowest BCUT2D eigenvalue weighted by atomic mass is 9.95. The molecule has 0 aromatic rings. The molecule has 0 aliphatic carbocycles. The average Bonchev–Trinajstić information content (AvgIpc) is 3.12. The fourth-order valence-electron chi connectivity index (χ4n) is 3.58. The first-order chi connectivity index (χ1) is 15.4. The third kappa shape index (κ3) is 10.7. The van der Waals surface area contributed by atoms with Gasteiger partial charge < -0.3 is 30.7 Å². The summed E-state index contributed by atoms with van der Waals surface area (Å²) < 4.78 is 10.3. The van der Waals surface area contributed by atoms with E-state index in [0.29, 0.717) is 32.0 Å². The Morgan fingerprint density at radius 2 is 1.70 bits per heavy atom. The number of hydrogen-bond acceptors (Lipinski definition) is 7. The second-order valence-corrected chi connectivity index (χ2v) is 10.2. The maximum absolute atomic E-state index is 12.9. The molecule has 1 rings (SSSR count). The normalized spacial score (nSPS) is 20.8. The molecular weight excluding hydrogens is 424 g/mol. The van der Waals surface area contributed by atoms with Gasteiger partial charge in [-0.05, 0) is 39.5 Å². The van der Waals surface area contributed by atoms with Crippen molar-refractivity contribution in [3.63, 3.8) is 0 Å². The minimum absolute atomic E-state index is 0.104. The van der Waals surface area contributed by atoms with Crippen LogP contribution < -0.4 is 21.3 Å². The van der Waals surface area contributed by atoms with Gasteiger partial charge in [-0.25, -0.2) is 9.59 Å². The summed E-state index contributed by atoms with van der Waals surface area (Å²) in [6, 6.07) is -0.981. The molecule has 0 aromatic carbocycles. The molecule has 1 saturated heterocycles. The SMILES string of the molecule is CCC(C)C(CNC(C(=O)NC1CCOC1=O)C(C)CC)NCC(C)NC(=O)OC(C)(C)C. The summed E-state index contributed by atoms with van der Waals surface area (Å²) in [6.45, 7) is 17.3. The van der Waals surface area contributed by atoms with Gasteiger partial charge in [0.1, 0.15) is 11.6 Å². The Morgan fingerprint density at radius 1 is 1.06 bits per heavy atom. The Bertz CT molecular complexity index is 637. The zero-order chi connectivity index (χ0) is 25.2. The van der Waals surface area contributed by atoms with Crippen molar-refractivity contribution in [3.8, 4) is 0 Å². The Morgan fingerprint density at radius 3 is 2.21 bits per heavy atom. The zero-order valence-electron chi connectivity index (χ0n) is 21.7. The van der Waals surface area contributed by atoms with Gasteiger partial charge in [-0.3, -0.25) is 4.79 Å². The van der Waals surface area contributed by atoms with Gasteiger partial charge in [0.2, 0.25) is 5.91 Å². The van der Waals surface area contributed by atoms with E-state index in [1.54, 1.807) is 0 Å². The van der Waals surface area contributed by atoms with E-state index in [1.165, 1.54) is 0 Å². The number of nitrogens with one attached hydrogen (secondary N) is 4. The van der Waals surface area contributed by atoms with E-state index in [9.17, 15) is 14.4 Å². The van der Waals surface area contributed by atoms with Crippen LogP contribution in [0, 0.1) is 11.8 Å². The van der Waals surface area contributed by atoms with E-state index < -0.39 is 23.8 Å². The van der Waals surface area contributed by atoms with E-state index >= 15 is 0 Å². The summed E-state index contributed by atoms with van der Waals surface area (Å²) in [4.78, 5) is 36.7. The molecule has 1 heterocycles. The number of hydrogen-bond donors (Lipinski definition) is 4. The van der Waals surface area contributed by atoms with E-state index in [0.717, 1.165) is 12.8 Å². The summed E-state index contributed by atoms with van der Waals surface area (Å²) in [7, 11) is 0. The molecule has 4 N–H and O–H groups in total. The topological polar surface area (TPSA) is 118 Å². The van der Waals surface area contributed by atoms with Crippen LogP contribution in [0.1, 0.15) is 74.7 Å². The molecule has 6 atom stereocenters. The van der Waals surface area contributed by atoms with Crippen molar-refractivity contribution in [2.75, 3.05) is 19.7 Å². The second kappa shape index (κ2) is 13.7. The first-order valence-electron chi connectivity index (χ1n) is 12.3. The monoisotopic (exact) mass is 470 g/mol. The van der Waals surface area contributed by atoms with Crippen LogP contribution in [-0.2, 0) is 19.1 Å². The van der Waals surface area contributed by atoms with Gasteiger partial charge in [-0.2, -0.15) is 0 Å². The van der Waals surface area contributed by atoms with Crippen LogP contribution >= 0.6 is 0 Å². The maximum atomic E-state index is 12.9. The van der Waals surface area contributed by atoms with Crippen molar-refractivity contribution in [3.05, 3.63) is 0 Å². The maximum Gasteiger partial charge on any atom is 0.407 e. The van der Waals surface area contributed by atoms with E-state index in [2.05, 4.69) is 35.1 Å². The molecule has 9 nitrogen and oxygen atoms in total. The zero-order valence-corrected chi connectivity index (χ0v) is 21.7. The molecule has 9 heteroatoms. The first kappa shape index (κ1) is 29.2. The van der Waals surface area contributed by atoms with Crippen molar-refractivity contribution in [1.29, 1.82) is 0 Å². The Labute approximate surface area is 199 Å². The van der Waals surface area contributed by atoms with Gasteiger partial charge in [0.15, 0.2) is 0 Å². The summed E-state index contributed by atoms with van der Waals surface area (Å²) in [5.41, 5.74) is -0.540. The van der Waals surface area contributed by atoms with Gasteiger partial charge >= 0.3 is 12.1 Å². The van der Waals surface area contributed by atoms with Crippen molar-refractivity contribution >= 4 is 18.0 Å². The predicted molar refractivity (Wildman–Crippen MR) is 129 cm³/mol. The highest BCUT2D eigenvalue weighted by Crippen LogP contribution is 2.13. The molecule has 0 bridgehead atoms. The summed E-state index contributed by atoms with van der Waals surface area (Å²) in [5, 5.41) is 12.7. The van der Waals surface area contributed by atoms with Gasteiger partial charge in [-0.15, -0.1) is 0 Å².